The summed E-state index contributed by atoms with van der Waals surface area (Å²) in [7, 11) is 0. The van der Waals surface area contributed by atoms with Crippen molar-refractivity contribution in [1.29, 1.82) is 0 Å². The second-order valence-corrected chi connectivity index (χ2v) is 5.64. The fourth-order valence-electron chi connectivity index (χ4n) is 2.65. The number of esters is 1. The largest absolute Gasteiger partial charge is 0.478 e. The number of fused-ring (bicyclic) bond motifs is 1. The fourth-order valence-corrected chi connectivity index (χ4v) is 2.65. The van der Waals surface area contributed by atoms with E-state index >= 15 is 0 Å². The fraction of sp³-hybridized carbons (Fsp3) is 0.222. The van der Waals surface area contributed by atoms with E-state index in [9.17, 15) is 9.59 Å². The highest BCUT2D eigenvalue weighted by molar-refractivity contribution is 5.89. The number of aromatic carboxylic acids is 1. The first-order valence-corrected chi connectivity index (χ1v) is 7.79. The molecule has 3 aromatic rings. The maximum atomic E-state index is 11.9. The molecule has 2 aromatic heterocycles. The first-order chi connectivity index (χ1) is 11.9. The number of hydrogen-bond acceptors (Lipinski definition) is 5. The Morgan fingerprint density at radius 1 is 1.20 bits per heavy atom. The van der Waals surface area contributed by atoms with Crippen LogP contribution >= 0.6 is 0 Å². The number of carboxylic acid groups (broad SMARTS) is 1. The van der Waals surface area contributed by atoms with Gasteiger partial charge in [0.2, 0.25) is 0 Å². The quantitative estimate of drug-likeness (QED) is 0.735. The SMILES string of the molecule is CCOC(=O)c1cc(C)n2nc(-c3ccc(C(=O)O)cc3C)cc2n1. The highest BCUT2D eigenvalue weighted by atomic mass is 16.5. The number of carbonyl (C=O) groups excluding carboxylic acids is 1. The Labute approximate surface area is 143 Å². The highest BCUT2D eigenvalue weighted by Gasteiger charge is 2.15. The number of rotatable bonds is 4. The van der Waals surface area contributed by atoms with Gasteiger partial charge in [0.1, 0.15) is 0 Å². The highest BCUT2D eigenvalue weighted by Crippen LogP contribution is 2.25. The number of benzene rings is 1. The summed E-state index contributed by atoms with van der Waals surface area (Å²) in [5.74, 6) is -1.45. The average molecular weight is 339 g/mol. The monoisotopic (exact) mass is 339 g/mol. The maximum Gasteiger partial charge on any atom is 0.357 e. The molecule has 0 amide bonds. The summed E-state index contributed by atoms with van der Waals surface area (Å²) >= 11 is 0. The van der Waals surface area contributed by atoms with Gasteiger partial charge in [0.15, 0.2) is 11.3 Å². The maximum absolute atomic E-state index is 11.9. The molecule has 0 spiro atoms. The van der Waals surface area contributed by atoms with E-state index in [1.807, 2.05) is 13.8 Å². The minimum Gasteiger partial charge on any atom is -0.478 e. The van der Waals surface area contributed by atoms with Gasteiger partial charge >= 0.3 is 11.9 Å². The molecule has 7 heteroatoms. The Hall–Kier alpha value is -3.22. The predicted molar refractivity (Wildman–Crippen MR) is 90.8 cm³/mol. The van der Waals surface area contributed by atoms with E-state index in [1.54, 1.807) is 41.8 Å². The minimum atomic E-state index is -0.971. The summed E-state index contributed by atoms with van der Waals surface area (Å²) < 4.78 is 6.63. The number of aromatic nitrogens is 3. The van der Waals surface area contributed by atoms with Crippen LogP contribution < -0.4 is 0 Å². The zero-order valence-corrected chi connectivity index (χ0v) is 14.1. The summed E-state index contributed by atoms with van der Waals surface area (Å²) in [4.78, 5) is 27.3. The van der Waals surface area contributed by atoms with Crippen molar-refractivity contribution in [2.24, 2.45) is 0 Å². The number of ether oxygens (including phenoxy) is 1. The third-order valence-electron chi connectivity index (χ3n) is 3.84. The second kappa shape index (κ2) is 6.35. The van der Waals surface area contributed by atoms with E-state index in [0.717, 1.165) is 16.8 Å². The Balaban J connectivity index is 2.08. The van der Waals surface area contributed by atoms with Crippen LogP contribution in [-0.4, -0.2) is 38.3 Å². The van der Waals surface area contributed by atoms with Gasteiger partial charge in [-0.05, 0) is 44.5 Å². The van der Waals surface area contributed by atoms with E-state index in [1.165, 1.54) is 0 Å². The molecular weight excluding hydrogens is 322 g/mol. The lowest BCUT2D eigenvalue weighted by Gasteiger charge is -2.04. The zero-order valence-electron chi connectivity index (χ0n) is 14.1. The van der Waals surface area contributed by atoms with Crippen LogP contribution in [0.5, 0.6) is 0 Å². The van der Waals surface area contributed by atoms with Gasteiger partial charge in [0.05, 0.1) is 17.9 Å². The summed E-state index contributed by atoms with van der Waals surface area (Å²) in [6.07, 6.45) is 0. The number of carbonyl (C=O) groups is 2. The summed E-state index contributed by atoms with van der Waals surface area (Å²) in [5.41, 5.74) is 4.00. The topological polar surface area (TPSA) is 93.8 Å². The molecule has 0 saturated heterocycles. The normalized spacial score (nSPS) is 10.8. The second-order valence-electron chi connectivity index (χ2n) is 5.64. The van der Waals surface area contributed by atoms with Crippen LogP contribution in [0.3, 0.4) is 0 Å². The molecule has 128 valence electrons. The van der Waals surface area contributed by atoms with Gasteiger partial charge in [-0.3, -0.25) is 0 Å². The Morgan fingerprint density at radius 2 is 1.96 bits per heavy atom. The molecule has 0 saturated carbocycles. The molecular formula is C18H17N3O4. The lowest BCUT2D eigenvalue weighted by Crippen LogP contribution is -2.09. The van der Waals surface area contributed by atoms with E-state index in [2.05, 4.69) is 10.1 Å². The Bertz CT molecular complexity index is 991. The van der Waals surface area contributed by atoms with Crippen molar-refractivity contribution in [3.8, 4) is 11.3 Å². The van der Waals surface area contributed by atoms with Crippen LogP contribution in [0.2, 0.25) is 0 Å². The molecule has 0 bridgehead atoms. The standard InChI is InChI=1S/C18H17N3O4/c1-4-25-18(24)15-8-11(3)21-16(19-15)9-14(20-21)13-6-5-12(17(22)23)7-10(13)2/h5-9H,4H2,1-3H3,(H,22,23). The third kappa shape index (κ3) is 3.08. The smallest absolute Gasteiger partial charge is 0.357 e. The summed E-state index contributed by atoms with van der Waals surface area (Å²) in [6, 6.07) is 8.26. The summed E-state index contributed by atoms with van der Waals surface area (Å²) in [6.45, 7) is 5.68. The van der Waals surface area contributed by atoms with E-state index in [4.69, 9.17) is 9.84 Å². The minimum absolute atomic E-state index is 0.226. The first kappa shape index (κ1) is 16.6. The molecule has 0 radical (unpaired) electrons. The Kier molecular flexibility index (Phi) is 4.22. The van der Waals surface area contributed by atoms with Gasteiger partial charge in [-0.1, -0.05) is 6.07 Å². The lowest BCUT2D eigenvalue weighted by molar-refractivity contribution is 0.0519. The van der Waals surface area contributed by atoms with Crippen LogP contribution in [0.1, 0.15) is 39.0 Å². The van der Waals surface area contributed by atoms with E-state index in [-0.39, 0.29) is 17.9 Å². The van der Waals surface area contributed by atoms with Crippen LogP contribution in [0.25, 0.3) is 16.9 Å². The van der Waals surface area contributed by atoms with Gasteiger partial charge in [-0.25, -0.2) is 19.1 Å². The van der Waals surface area contributed by atoms with Gasteiger partial charge in [0.25, 0.3) is 0 Å². The average Bonchev–Trinajstić information content (AvgIpc) is 2.99. The van der Waals surface area contributed by atoms with Crippen LogP contribution in [0.4, 0.5) is 0 Å². The van der Waals surface area contributed by atoms with Crippen LogP contribution in [0, 0.1) is 13.8 Å². The van der Waals surface area contributed by atoms with E-state index < -0.39 is 11.9 Å². The molecule has 1 aromatic carbocycles. The van der Waals surface area contributed by atoms with Crippen molar-refractivity contribution >= 4 is 17.6 Å². The molecule has 7 nitrogen and oxygen atoms in total. The number of hydrogen-bond donors (Lipinski definition) is 1. The molecule has 0 atom stereocenters. The van der Waals surface area contributed by atoms with Crippen molar-refractivity contribution < 1.29 is 19.4 Å². The molecule has 25 heavy (non-hydrogen) atoms. The van der Waals surface area contributed by atoms with Gasteiger partial charge < -0.3 is 9.84 Å². The van der Waals surface area contributed by atoms with Crippen LogP contribution in [-0.2, 0) is 4.74 Å². The van der Waals surface area contributed by atoms with Crippen molar-refractivity contribution in [1.82, 2.24) is 14.6 Å². The number of carboxylic acids is 1. The molecule has 0 fully saturated rings. The van der Waals surface area contributed by atoms with E-state index in [0.29, 0.717) is 11.3 Å². The first-order valence-electron chi connectivity index (χ1n) is 7.79. The molecule has 2 heterocycles. The molecule has 3 rings (SSSR count). The van der Waals surface area contributed by atoms with Crippen molar-refractivity contribution in [3.63, 3.8) is 0 Å². The lowest BCUT2D eigenvalue weighted by atomic mass is 10.0. The number of aryl methyl sites for hydroxylation is 2. The summed E-state index contributed by atoms with van der Waals surface area (Å²) in [5, 5.41) is 13.6. The molecule has 0 aliphatic heterocycles. The molecule has 0 unspecified atom stereocenters. The number of nitrogens with zero attached hydrogens (tertiary/aromatic N) is 3. The zero-order chi connectivity index (χ0) is 18.1. The van der Waals surface area contributed by atoms with Crippen molar-refractivity contribution in [2.75, 3.05) is 6.61 Å². The predicted octanol–water partition coefficient (Wildman–Crippen LogP) is 2.89. The van der Waals surface area contributed by atoms with Gasteiger partial charge in [-0.15, -0.1) is 0 Å². The van der Waals surface area contributed by atoms with Gasteiger partial charge in [0, 0.05) is 17.3 Å². The van der Waals surface area contributed by atoms with Gasteiger partial charge in [-0.2, -0.15) is 5.10 Å². The third-order valence-corrected chi connectivity index (χ3v) is 3.84. The molecule has 1 N–H and O–H groups in total. The molecule has 0 aliphatic rings. The molecule has 0 aliphatic carbocycles. The Morgan fingerprint density at radius 3 is 2.60 bits per heavy atom. The van der Waals surface area contributed by atoms with Crippen molar-refractivity contribution in [3.05, 3.63) is 52.8 Å². The van der Waals surface area contributed by atoms with Crippen molar-refractivity contribution in [2.45, 2.75) is 20.8 Å². The van der Waals surface area contributed by atoms with Crippen LogP contribution in [0.15, 0.2) is 30.3 Å².